The van der Waals surface area contributed by atoms with Crippen molar-refractivity contribution in [1.29, 1.82) is 0 Å². The second-order valence-electron chi connectivity index (χ2n) is 5.61. The number of benzene rings is 1. The van der Waals surface area contributed by atoms with Gasteiger partial charge >= 0.3 is 0 Å². The molecule has 1 aliphatic rings. The van der Waals surface area contributed by atoms with Gasteiger partial charge in [-0.2, -0.15) is 0 Å². The Balaban J connectivity index is 1.82. The summed E-state index contributed by atoms with van der Waals surface area (Å²) in [4.78, 5) is 4.79. The van der Waals surface area contributed by atoms with Crippen LogP contribution in [0.15, 0.2) is 30.5 Å². The van der Waals surface area contributed by atoms with Crippen molar-refractivity contribution in [3.05, 3.63) is 53.1 Å². The van der Waals surface area contributed by atoms with E-state index in [-0.39, 0.29) is 0 Å². The molecule has 1 aromatic carbocycles. The molecular weight excluding hydrogens is 220 g/mol. The molecule has 3 rings (SSSR count). The van der Waals surface area contributed by atoms with Crippen molar-refractivity contribution in [3.63, 3.8) is 0 Å². The molecule has 0 N–H and O–H groups in total. The van der Waals surface area contributed by atoms with Gasteiger partial charge in [0.15, 0.2) is 0 Å². The summed E-state index contributed by atoms with van der Waals surface area (Å²) in [5.74, 6) is 2.06. The Bertz CT molecular complexity index is 554. The minimum Gasteiger partial charge on any atom is -0.335 e. The standard InChI is InChI=1S/C16H20N2/c1-12-4-3-5-14(8-12)10-15-11-18-7-6-13(2)9-16(18)17-15/h3-5,8,11,13H,6-7,9-10H2,1-2H3. The van der Waals surface area contributed by atoms with Crippen molar-refractivity contribution in [2.24, 2.45) is 5.92 Å². The van der Waals surface area contributed by atoms with E-state index in [9.17, 15) is 0 Å². The molecule has 0 spiro atoms. The van der Waals surface area contributed by atoms with E-state index in [4.69, 9.17) is 4.98 Å². The highest BCUT2D eigenvalue weighted by atomic mass is 15.1. The van der Waals surface area contributed by atoms with Gasteiger partial charge in [0.1, 0.15) is 5.82 Å². The number of imidazole rings is 1. The molecule has 1 unspecified atom stereocenters. The Kier molecular flexibility index (Phi) is 2.94. The normalized spacial score (nSPS) is 18.7. The van der Waals surface area contributed by atoms with E-state index in [1.165, 1.54) is 29.1 Å². The van der Waals surface area contributed by atoms with Crippen molar-refractivity contribution in [2.45, 2.75) is 39.7 Å². The lowest BCUT2D eigenvalue weighted by atomic mass is 10.0. The summed E-state index contributed by atoms with van der Waals surface area (Å²) >= 11 is 0. The molecule has 2 aromatic rings. The number of aromatic nitrogens is 2. The third kappa shape index (κ3) is 2.33. The van der Waals surface area contributed by atoms with Crippen LogP contribution in [0.4, 0.5) is 0 Å². The quantitative estimate of drug-likeness (QED) is 0.787. The summed E-state index contributed by atoms with van der Waals surface area (Å²) in [7, 11) is 0. The molecule has 2 nitrogen and oxygen atoms in total. The highest BCUT2D eigenvalue weighted by molar-refractivity contribution is 5.26. The molecule has 94 valence electrons. The summed E-state index contributed by atoms with van der Waals surface area (Å²) in [6, 6.07) is 8.71. The minimum atomic E-state index is 0.784. The maximum Gasteiger partial charge on any atom is 0.109 e. The first-order chi connectivity index (χ1) is 8.70. The third-order valence-electron chi connectivity index (χ3n) is 3.77. The predicted octanol–water partition coefficient (Wildman–Crippen LogP) is 3.36. The summed E-state index contributed by atoms with van der Waals surface area (Å²) in [5.41, 5.74) is 3.90. The zero-order chi connectivity index (χ0) is 12.5. The fraction of sp³-hybridized carbons (Fsp3) is 0.438. The van der Waals surface area contributed by atoms with Crippen LogP contribution in [0.5, 0.6) is 0 Å². The topological polar surface area (TPSA) is 17.8 Å². The average molecular weight is 240 g/mol. The molecule has 0 aliphatic carbocycles. The van der Waals surface area contributed by atoms with Crippen LogP contribution in [-0.2, 0) is 19.4 Å². The van der Waals surface area contributed by atoms with Crippen LogP contribution in [-0.4, -0.2) is 9.55 Å². The summed E-state index contributed by atoms with van der Waals surface area (Å²) in [5, 5.41) is 0. The molecule has 0 bridgehead atoms. The van der Waals surface area contributed by atoms with Crippen molar-refractivity contribution in [1.82, 2.24) is 9.55 Å². The molecule has 0 saturated carbocycles. The van der Waals surface area contributed by atoms with E-state index >= 15 is 0 Å². The third-order valence-corrected chi connectivity index (χ3v) is 3.77. The molecule has 2 heteroatoms. The number of fused-ring (bicyclic) bond motifs is 1. The van der Waals surface area contributed by atoms with Crippen molar-refractivity contribution in [3.8, 4) is 0 Å². The van der Waals surface area contributed by atoms with Gasteiger partial charge in [0.05, 0.1) is 5.69 Å². The van der Waals surface area contributed by atoms with Crippen LogP contribution in [0, 0.1) is 12.8 Å². The Labute approximate surface area is 109 Å². The molecule has 0 amide bonds. The van der Waals surface area contributed by atoms with Gasteiger partial charge in [-0.15, -0.1) is 0 Å². The second kappa shape index (κ2) is 4.60. The second-order valence-corrected chi connectivity index (χ2v) is 5.61. The molecule has 18 heavy (non-hydrogen) atoms. The lowest BCUT2D eigenvalue weighted by molar-refractivity contribution is 0.409. The molecule has 0 saturated heterocycles. The van der Waals surface area contributed by atoms with E-state index in [1.807, 2.05) is 0 Å². The van der Waals surface area contributed by atoms with Gasteiger partial charge in [-0.05, 0) is 24.8 Å². The zero-order valence-corrected chi connectivity index (χ0v) is 11.2. The van der Waals surface area contributed by atoms with Gasteiger partial charge in [0.25, 0.3) is 0 Å². The predicted molar refractivity (Wildman–Crippen MR) is 73.7 cm³/mol. The monoisotopic (exact) mass is 240 g/mol. The Morgan fingerprint density at radius 2 is 2.28 bits per heavy atom. The Morgan fingerprint density at radius 1 is 1.39 bits per heavy atom. The zero-order valence-electron chi connectivity index (χ0n) is 11.2. The summed E-state index contributed by atoms with van der Waals surface area (Å²) < 4.78 is 2.34. The largest absolute Gasteiger partial charge is 0.335 e. The first kappa shape index (κ1) is 11.5. The molecule has 1 aliphatic heterocycles. The summed E-state index contributed by atoms with van der Waals surface area (Å²) in [6.07, 6.45) is 5.61. The van der Waals surface area contributed by atoms with Crippen LogP contribution < -0.4 is 0 Å². The average Bonchev–Trinajstić information content (AvgIpc) is 2.70. The molecule has 0 radical (unpaired) electrons. The highest BCUT2D eigenvalue weighted by Crippen LogP contribution is 2.20. The number of hydrogen-bond donors (Lipinski definition) is 0. The minimum absolute atomic E-state index is 0.784. The smallest absolute Gasteiger partial charge is 0.109 e. The van der Waals surface area contributed by atoms with Gasteiger partial charge in [0.2, 0.25) is 0 Å². The first-order valence-corrected chi connectivity index (χ1v) is 6.81. The van der Waals surface area contributed by atoms with Gasteiger partial charge in [-0.25, -0.2) is 4.98 Å². The highest BCUT2D eigenvalue weighted by Gasteiger charge is 2.17. The fourth-order valence-corrected chi connectivity index (χ4v) is 2.76. The maximum absolute atomic E-state index is 4.79. The Hall–Kier alpha value is -1.57. The van der Waals surface area contributed by atoms with Crippen LogP contribution in [0.1, 0.15) is 36.0 Å². The van der Waals surface area contributed by atoms with Crippen LogP contribution in [0.2, 0.25) is 0 Å². The van der Waals surface area contributed by atoms with E-state index in [1.54, 1.807) is 0 Å². The van der Waals surface area contributed by atoms with Crippen molar-refractivity contribution >= 4 is 0 Å². The van der Waals surface area contributed by atoms with E-state index in [0.29, 0.717) is 0 Å². The molecule has 1 atom stereocenters. The van der Waals surface area contributed by atoms with E-state index < -0.39 is 0 Å². The molecule has 0 fully saturated rings. The fourth-order valence-electron chi connectivity index (χ4n) is 2.76. The van der Waals surface area contributed by atoms with Crippen LogP contribution in [0.3, 0.4) is 0 Å². The first-order valence-electron chi connectivity index (χ1n) is 6.81. The van der Waals surface area contributed by atoms with Crippen LogP contribution >= 0.6 is 0 Å². The summed E-state index contributed by atoms with van der Waals surface area (Å²) in [6.45, 7) is 5.60. The number of hydrogen-bond acceptors (Lipinski definition) is 1. The van der Waals surface area contributed by atoms with Gasteiger partial charge in [0, 0.05) is 25.6 Å². The van der Waals surface area contributed by atoms with E-state index in [0.717, 1.165) is 25.3 Å². The van der Waals surface area contributed by atoms with Crippen molar-refractivity contribution < 1.29 is 0 Å². The number of nitrogens with zero attached hydrogens (tertiary/aromatic N) is 2. The van der Waals surface area contributed by atoms with Crippen LogP contribution in [0.25, 0.3) is 0 Å². The Morgan fingerprint density at radius 3 is 3.11 bits per heavy atom. The van der Waals surface area contributed by atoms with Gasteiger partial charge < -0.3 is 4.57 Å². The number of rotatable bonds is 2. The number of aryl methyl sites for hydroxylation is 2. The lowest BCUT2D eigenvalue weighted by Crippen LogP contribution is -2.16. The lowest BCUT2D eigenvalue weighted by Gasteiger charge is -2.18. The van der Waals surface area contributed by atoms with E-state index in [2.05, 4.69) is 48.9 Å². The van der Waals surface area contributed by atoms with Gasteiger partial charge in [-0.3, -0.25) is 0 Å². The molecule has 2 heterocycles. The van der Waals surface area contributed by atoms with Gasteiger partial charge in [-0.1, -0.05) is 36.8 Å². The maximum atomic E-state index is 4.79. The SMILES string of the molecule is Cc1cccc(Cc2cn3c(n2)CC(C)CC3)c1. The molecule has 1 aromatic heterocycles. The van der Waals surface area contributed by atoms with Crippen molar-refractivity contribution in [2.75, 3.05) is 0 Å². The molecular formula is C16H20N2.